The maximum atomic E-state index is 10.7. The van der Waals surface area contributed by atoms with E-state index in [1.54, 1.807) is 20.8 Å². The molecule has 0 unspecified atom stereocenters. The van der Waals surface area contributed by atoms with Crippen molar-refractivity contribution in [3.63, 3.8) is 0 Å². The summed E-state index contributed by atoms with van der Waals surface area (Å²) in [5.74, 6) is -0.997. The first-order valence-electron chi connectivity index (χ1n) is 8.04. The molecule has 148 valence electrons. The molecule has 26 heavy (non-hydrogen) atoms. The summed E-state index contributed by atoms with van der Waals surface area (Å²) in [6.45, 7) is 21.3. The third kappa shape index (κ3) is 21.4. The van der Waals surface area contributed by atoms with Gasteiger partial charge < -0.3 is 14.2 Å². The van der Waals surface area contributed by atoms with Gasteiger partial charge >= 0.3 is 17.9 Å². The molecule has 0 aromatic heterocycles. The second-order valence-electron chi connectivity index (χ2n) is 5.21. The molecule has 6 heteroatoms. The van der Waals surface area contributed by atoms with E-state index in [0.29, 0.717) is 23.3 Å². The van der Waals surface area contributed by atoms with E-state index in [-0.39, 0.29) is 24.5 Å². The highest BCUT2D eigenvalue weighted by Gasteiger charge is 2.00. The van der Waals surface area contributed by atoms with Crippen LogP contribution in [0, 0.1) is 0 Å². The monoisotopic (exact) mass is 368 g/mol. The van der Waals surface area contributed by atoms with Crippen molar-refractivity contribution < 1.29 is 28.6 Å². The molecule has 0 bridgehead atoms. The topological polar surface area (TPSA) is 78.9 Å². The summed E-state index contributed by atoms with van der Waals surface area (Å²) >= 11 is 0. The van der Waals surface area contributed by atoms with Gasteiger partial charge in [-0.25, -0.2) is 14.4 Å². The van der Waals surface area contributed by atoms with E-state index in [9.17, 15) is 14.4 Å². The lowest BCUT2D eigenvalue weighted by molar-refractivity contribution is -0.139. The molecule has 0 atom stereocenters. The Morgan fingerprint density at radius 1 is 0.846 bits per heavy atom. The highest BCUT2D eigenvalue weighted by molar-refractivity contribution is 5.87. The van der Waals surface area contributed by atoms with Crippen LogP contribution in [0.5, 0.6) is 0 Å². The minimum atomic E-state index is -0.366. The van der Waals surface area contributed by atoms with Crippen molar-refractivity contribution in [2.75, 3.05) is 20.3 Å². The Bertz CT molecular complexity index is 502. The van der Waals surface area contributed by atoms with Gasteiger partial charge in [-0.15, -0.1) is 0 Å². The number of carbonyl (C=O) groups is 3. The number of hydrogen-bond acceptors (Lipinski definition) is 6. The lowest BCUT2D eigenvalue weighted by Gasteiger charge is -2.01. The molecular formula is C20H32O6. The average Bonchev–Trinajstić information content (AvgIpc) is 2.59. The molecular weight excluding hydrogens is 336 g/mol. The first kappa shape index (κ1) is 28.2. The number of hydrogen-bond donors (Lipinski definition) is 0. The Balaban J connectivity index is -0.000000310. The summed E-state index contributed by atoms with van der Waals surface area (Å²) < 4.78 is 13.7. The Morgan fingerprint density at radius 3 is 1.54 bits per heavy atom. The molecule has 0 aliphatic rings. The smallest absolute Gasteiger partial charge is 0.333 e. The van der Waals surface area contributed by atoms with Crippen LogP contribution >= 0.6 is 0 Å². The number of methoxy groups -OCH3 is 1. The van der Waals surface area contributed by atoms with Crippen LogP contribution in [0.1, 0.15) is 40.5 Å². The third-order valence-corrected chi connectivity index (χ3v) is 2.29. The molecule has 0 amide bonds. The molecule has 0 aliphatic heterocycles. The molecule has 0 rings (SSSR count). The highest BCUT2D eigenvalue weighted by Crippen LogP contribution is 1.94. The van der Waals surface area contributed by atoms with Gasteiger partial charge in [-0.1, -0.05) is 45.7 Å². The van der Waals surface area contributed by atoms with Crippen LogP contribution in [0.2, 0.25) is 0 Å². The minimum absolute atomic E-state index is 0.256. The summed E-state index contributed by atoms with van der Waals surface area (Å²) in [5.41, 5.74) is 1.32. The summed E-state index contributed by atoms with van der Waals surface area (Å²) in [6, 6.07) is 0. The molecule has 0 aliphatic carbocycles. The molecule has 0 aromatic carbocycles. The van der Waals surface area contributed by atoms with E-state index in [0.717, 1.165) is 12.8 Å². The molecule has 0 saturated carbocycles. The standard InChI is InChI=1S/C8H14O2.C7H10O2.C5H8O2/c1-4-5-6-10-8(9)7(2)3;1-4-5-9-7(8)6(2)3;1-4(2)5(6)7-3/h2,4-6H2,1,3H3;4H,1-2,5H2,3H3;1H2,2-3H3. The number of esters is 3. The van der Waals surface area contributed by atoms with E-state index in [2.05, 4.69) is 42.7 Å². The van der Waals surface area contributed by atoms with Crippen LogP contribution in [0.4, 0.5) is 0 Å². The van der Waals surface area contributed by atoms with E-state index < -0.39 is 0 Å². The fraction of sp³-hybridized carbons (Fsp3) is 0.450. The molecule has 0 fully saturated rings. The average molecular weight is 368 g/mol. The van der Waals surface area contributed by atoms with Crippen LogP contribution in [-0.2, 0) is 28.6 Å². The van der Waals surface area contributed by atoms with Gasteiger partial charge in [0.2, 0.25) is 0 Å². The van der Waals surface area contributed by atoms with Crippen molar-refractivity contribution >= 4 is 17.9 Å². The molecule has 0 aromatic rings. The predicted octanol–water partition coefficient (Wildman–Crippen LogP) is 3.93. The quantitative estimate of drug-likeness (QED) is 0.212. The van der Waals surface area contributed by atoms with Crippen LogP contribution in [-0.4, -0.2) is 38.2 Å². The minimum Gasteiger partial charge on any atom is -0.466 e. The Kier molecular flexibility index (Phi) is 20.3. The van der Waals surface area contributed by atoms with Crippen molar-refractivity contribution in [3.8, 4) is 0 Å². The van der Waals surface area contributed by atoms with Crippen LogP contribution in [0.3, 0.4) is 0 Å². The normalized spacial score (nSPS) is 8.35. The van der Waals surface area contributed by atoms with Gasteiger partial charge in [-0.3, -0.25) is 0 Å². The Hall–Kier alpha value is -2.63. The third-order valence-electron chi connectivity index (χ3n) is 2.29. The fourth-order valence-corrected chi connectivity index (χ4v) is 0.864. The molecule has 0 spiro atoms. The van der Waals surface area contributed by atoms with Crippen molar-refractivity contribution in [1.82, 2.24) is 0 Å². The lowest BCUT2D eigenvalue weighted by atomic mass is 10.3. The zero-order valence-corrected chi connectivity index (χ0v) is 16.7. The van der Waals surface area contributed by atoms with Gasteiger partial charge in [0.1, 0.15) is 6.61 Å². The summed E-state index contributed by atoms with van der Waals surface area (Å²) in [6.07, 6.45) is 3.49. The highest BCUT2D eigenvalue weighted by atomic mass is 16.5. The molecule has 0 saturated heterocycles. The van der Waals surface area contributed by atoms with Gasteiger partial charge in [-0.2, -0.15) is 0 Å². The van der Waals surface area contributed by atoms with Crippen molar-refractivity contribution in [1.29, 1.82) is 0 Å². The van der Waals surface area contributed by atoms with Crippen LogP contribution < -0.4 is 0 Å². The maximum Gasteiger partial charge on any atom is 0.333 e. The predicted molar refractivity (Wildman–Crippen MR) is 103 cm³/mol. The fourth-order valence-electron chi connectivity index (χ4n) is 0.864. The van der Waals surface area contributed by atoms with Gasteiger partial charge in [0.25, 0.3) is 0 Å². The zero-order valence-electron chi connectivity index (χ0n) is 16.7. The summed E-state index contributed by atoms with van der Waals surface area (Å²) in [5, 5.41) is 0. The second-order valence-corrected chi connectivity index (χ2v) is 5.21. The number of carbonyl (C=O) groups excluding carboxylic acids is 3. The number of unbranched alkanes of at least 4 members (excludes halogenated alkanes) is 1. The summed E-state index contributed by atoms with van der Waals surface area (Å²) in [4.78, 5) is 31.4. The molecule has 0 N–H and O–H groups in total. The number of ether oxygens (including phenoxy) is 3. The van der Waals surface area contributed by atoms with Crippen LogP contribution in [0.15, 0.2) is 49.1 Å². The SMILES string of the molecule is C=C(C)C(=O)OC.C=C(C)C(=O)OCCCC.C=CCOC(=O)C(=C)C. The Morgan fingerprint density at radius 2 is 1.27 bits per heavy atom. The Labute approximate surface area is 157 Å². The maximum absolute atomic E-state index is 10.7. The van der Waals surface area contributed by atoms with Crippen molar-refractivity contribution in [2.24, 2.45) is 0 Å². The van der Waals surface area contributed by atoms with Crippen molar-refractivity contribution in [2.45, 2.75) is 40.5 Å². The number of rotatable bonds is 8. The van der Waals surface area contributed by atoms with Crippen LogP contribution in [0.25, 0.3) is 0 Å². The molecule has 0 radical (unpaired) electrons. The van der Waals surface area contributed by atoms with E-state index in [4.69, 9.17) is 4.74 Å². The van der Waals surface area contributed by atoms with Crippen molar-refractivity contribution in [3.05, 3.63) is 49.1 Å². The van der Waals surface area contributed by atoms with E-state index in [1.165, 1.54) is 13.2 Å². The summed E-state index contributed by atoms with van der Waals surface area (Å²) in [7, 11) is 1.33. The first-order valence-corrected chi connectivity index (χ1v) is 8.04. The van der Waals surface area contributed by atoms with Gasteiger partial charge in [0.05, 0.1) is 13.7 Å². The second kappa shape index (κ2) is 18.7. The van der Waals surface area contributed by atoms with E-state index in [1.807, 2.05) is 0 Å². The molecule has 6 nitrogen and oxygen atoms in total. The first-order chi connectivity index (χ1) is 12.0. The lowest BCUT2D eigenvalue weighted by Crippen LogP contribution is -2.05. The molecule has 0 heterocycles. The van der Waals surface area contributed by atoms with Gasteiger partial charge in [0.15, 0.2) is 0 Å². The van der Waals surface area contributed by atoms with Gasteiger partial charge in [0, 0.05) is 16.7 Å². The van der Waals surface area contributed by atoms with Gasteiger partial charge in [-0.05, 0) is 27.2 Å². The van der Waals surface area contributed by atoms with E-state index >= 15 is 0 Å². The zero-order chi connectivity index (χ0) is 21.1. The largest absolute Gasteiger partial charge is 0.466 e.